The Morgan fingerprint density at radius 2 is 1.69 bits per heavy atom. The zero-order chi connectivity index (χ0) is 18.0. The Bertz CT molecular complexity index is 643. The maximum absolute atomic E-state index is 5.98. The molecule has 0 spiro atoms. The van der Waals surface area contributed by atoms with Crippen molar-refractivity contribution in [3.8, 4) is 5.75 Å². The van der Waals surface area contributed by atoms with Gasteiger partial charge in [0.2, 0.25) is 0 Å². The van der Waals surface area contributed by atoms with E-state index in [9.17, 15) is 0 Å². The topological polar surface area (TPSA) is 17.4 Å². The average molecular weight is 357 g/mol. The SMILES string of the molecule is CCCCCCCCn1ccc2cc(OCCCN3CCCC3)ccc21. The number of aromatic nitrogens is 1. The van der Waals surface area contributed by atoms with Crippen molar-refractivity contribution < 1.29 is 4.74 Å². The summed E-state index contributed by atoms with van der Waals surface area (Å²) in [5, 5.41) is 1.30. The maximum Gasteiger partial charge on any atom is 0.120 e. The number of nitrogens with zero attached hydrogens (tertiary/aromatic N) is 2. The third-order valence-corrected chi connectivity index (χ3v) is 5.58. The van der Waals surface area contributed by atoms with Gasteiger partial charge >= 0.3 is 0 Å². The first kappa shape index (κ1) is 19.3. The Hall–Kier alpha value is -1.48. The van der Waals surface area contributed by atoms with Crippen LogP contribution in [0.3, 0.4) is 0 Å². The van der Waals surface area contributed by atoms with E-state index in [1.165, 1.54) is 81.9 Å². The molecule has 0 atom stereocenters. The lowest BCUT2D eigenvalue weighted by Crippen LogP contribution is -2.21. The summed E-state index contributed by atoms with van der Waals surface area (Å²) in [6, 6.07) is 8.78. The summed E-state index contributed by atoms with van der Waals surface area (Å²) in [6.45, 7) is 7.96. The third kappa shape index (κ3) is 5.77. The quantitative estimate of drug-likeness (QED) is 0.443. The predicted molar refractivity (Wildman–Crippen MR) is 111 cm³/mol. The van der Waals surface area contributed by atoms with E-state index < -0.39 is 0 Å². The molecular formula is C23H36N2O. The number of rotatable bonds is 12. The lowest BCUT2D eigenvalue weighted by atomic mass is 10.1. The van der Waals surface area contributed by atoms with Crippen molar-refractivity contribution in [2.24, 2.45) is 0 Å². The fraction of sp³-hybridized carbons (Fsp3) is 0.652. The Labute approximate surface area is 159 Å². The highest BCUT2D eigenvalue weighted by Crippen LogP contribution is 2.23. The van der Waals surface area contributed by atoms with Gasteiger partial charge in [0, 0.05) is 30.2 Å². The van der Waals surface area contributed by atoms with Gasteiger partial charge < -0.3 is 14.2 Å². The number of hydrogen-bond acceptors (Lipinski definition) is 2. The van der Waals surface area contributed by atoms with Gasteiger partial charge in [-0.3, -0.25) is 0 Å². The first-order valence-corrected chi connectivity index (χ1v) is 10.8. The van der Waals surface area contributed by atoms with Crippen LogP contribution in [0.1, 0.15) is 64.7 Å². The molecule has 0 bridgehead atoms. The summed E-state index contributed by atoms with van der Waals surface area (Å²) in [7, 11) is 0. The second-order valence-corrected chi connectivity index (χ2v) is 7.75. The van der Waals surface area contributed by atoms with Gasteiger partial charge in [0.05, 0.1) is 6.61 Å². The number of aryl methyl sites for hydroxylation is 1. The molecule has 1 aliphatic rings. The monoisotopic (exact) mass is 356 g/mol. The molecule has 3 rings (SSSR count). The second-order valence-electron chi connectivity index (χ2n) is 7.75. The van der Waals surface area contributed by atoms with E-state index in [4.69, 9.17) is 4.74 Å². The molecule has 3 nitrogen and oxygen atoms in total. The van der Waals surface area contributed by atoms with Crippen LogP contribution in [0.25, 0.3) is 10.9 Å². The molecule has 144 valence electrons. The van der Waals surface area contributed by atoms with Gasteiger partial charge in [0.25, 0.3) is 0 Å². The largest absolute Gasteiger partial charge is 0.494 e. The van der Waals surface area contributed by atoms with E-state index >= 15 is 0 Å². The Kier molecular flexibility index (Phi) is 7.87. The molecule has 2 aromatic rings. The van der Waals surface area contributed by atoms with Crippen LogP contribution in [0.5, 0.6) is 5.75 Å². The van der Waals surface area contributed by atoms with Gasteiger partial charge in [0.15, 0.2) is 0 Å². The standard InChI is InChI=1S/C23H36N2O/c1-2-3-4-5-6-7-17-25-18-13-21-20-22(11-12-23(21)25)26-19-10-16-24-14-8-9-15-24/h11-13,18,20H,2-10,14-17,19H2,1H3. The van der Waals surface area contributed by atoms with E-state index in [1.807, 2.05) is 0 Å². The highest BCUT2D eigenvalue weighted by atomic mass is 16.5. The summed E-state index contributed by atoms with van der Waals surface area (Å²) >= 11 is 0. The van der Waals surface area contributed by atoms with Crippen LogP contribution in [0.15, 0.2) is 30.5 Å². The van der Waals surface area contributed by atoms with Gasteiger partial charge in [-0.05, 0) is 63.0 Å². The van der Waals surface area contributed by atoms with Crippen molar-refractivity contribution in [1.29, 1.82) is 0 Å². The van der Waals surface area contributed by atoms with Crippen molar-refractivity contribution in [1.82, 2.24) is 9.47 Å². The van der Waals surface area contributed by atoms with Crippen LogP contribution >= 0.6 is 0 Å². The highest BCUT2D eigenvalue weighted by Gasteiger charge is 2.10. The lowest BCUT2D eigenvalue weighted by Gasteiger charge is -2.14. The molecule has 26 heavy (non-hydrogen) atoms. The second kappa shape index (κ2) is 10.6. The number of benzene rings is 1. The first-order chi connectivity index (χ1) is 12.9. The minimum Gasteiger partial charge on any atom is -0.494 e. The molecule has 1 aromatic heterocycles. The molecule has 3 heteroatoms. The van der Waals surface area contributed by atoms with E-state index in [-0.39, 0.29) is 0 Å². The maximum atomic E-state index is 5.98. The van der Waals surface area contributed by atoms with Gasteiger partial charge in [-0.15, -0.1) is 0 Å². The fourth-order valence-electron chi connectivity index (χ4n) is 4.01. The Morgan fingerprint density at radius 1 is 0.885 bits per heavy atom. The van der Waals surface area contributed by atoms with Crippen molar-refractivity contribution >= 4 is 10.9 Å². The van der Waals surface area contributed by atoms with Crippen LogP contribution in [0.4, 0.5) is 0 Å². The zero-order valence-corrected chi connectivity index (χ0v) is 16.6. The van der Waals surface area contributed by atoms with Gasteiger partial charge in [-0.1, -0.05) is 39.0 Å². The smallest absolute Gasteiger partial charge is 0.120 e. The molecule has 1 saturated heterocycles. The van der Waals surface area contributed by atoms with E-state index in [0.717, 1.165) is 25.3 Å². The van der Waals surface area contributed by atoms with E-state index in [1.54, 1.807) is 0 Å². The minimum atomic E-state index is 0.820. The Morgan fingerprint density at radius 3 is 2.54 bits per heavy atom. The van der Waals surface area contributed by atoms with Crippen molar-refractivity contribution in [3.63, 3.8) is 0 Å². The molecule has 1 aromatic carbocycles. The van der Waals surface area contributed by atoms with Crippen LogP contribution in [0.2, 0.25) is 0 Å². The minimum absolute atomic E-state index is 0.820. The molecule has 1 aliphatic heterocycles. The molecular weight excluding hydrogens is 320 g/mol. The van der Waals surface area contributed by atoms with E-state index in [2.05, 4.69) is 46.9 Å². The molecule has 2 heterocycles. The number of likely N-dealkylation sites (tertiary alicyclic amines) is 1. The third-order valence-electron chi connectivity index (χ3n) is 5.58. The number of unbranched alkanes of at least 4 members (excludes halogenated alkanes) is 5. The van der Waals surface area contributed by atoms with Gasteiger partial charge in [0.1, 0.15) is 5.75 Å². The average Bonchev–Trinajstić information content (AvgIpc) is 3.31. The van der Waals surface area contributed by atoms with Crippen LogP contribution in [-0.2, 0) is 6.54 Å². The Balaban J connectivity index is 1.41. The molecule has 0 unspecified atom stereocenters. The van der Waals surface area contributed by atoms with Gasteiger partial charge in [-0.2, -0.15) is 0 Å². The van der Waals surface area contributed by atoms with E-state index in [0.29, 0.717) is 0 Å². The summed E-state index contributed by atoms with van der Waals surface area (Å²) in [6.07, 6.45) is 14.2. The van der Waals surface area contributed by atoms with Crippen molar-refractivity contribution in [2.45, 2.75) is 71.3 Å². The number of fused-ring (bicyclic) bond motifs is 1. The summed E-state index contributed by atoms with van der Waals surface area (Å²) < 4.78 is 8.38. The van der Waals surface area contributed by atoms with Crippen LogP contribution < -0.4 is 4.74 Å². The summed E-state index contributed by atoms with van der Waals surface area (Å²) in [5.41, 5.74) is 1.34. The lowest BCUT2D eigenvalue weighted by molar-refractivity contribution is 0.263. The summed E-state index contributed by atoms with van der Waals surface area (Å²) in [4.78, 5) is 2.55. The van der Waals surface area contributed by atoms with Crippen molar-refractivity contribution in [2.75, 3.05) is 26.2 Å². The molecule has 0 radical (unpaired) electrons. The normalized spacial score (nSPS) is 15.1. The molecule has 0 aliphatic carbocycles. The predicted octanol–water partition coefficient (Wildman–Crippen LogP) is 5.87. The van der Waals surface area contributed by atoms with Crippen molar-refractivity contribution in [3.05, 3.63) is 30.5 Å². The molecule has 0 N–H and O–H groups in total. The zero-order valence-electron chi connectivity index (χ0n) is 16.6. The molecule has 0 saturated carbocycles. The summed E-state index contributed by atoms with van der Waals surface area (Å²) in [5.74, 6) is 1.01. The van der Waals surface area contributed by atoms with Gasteiger partial charge in [-0.25, -0.2) is 0 Å². The highest BCUT2D eigenvalue weighted by molar-refractivity contribution is 5.81. The number of ether oxygens (including phenoxy) is 1. The molecule has 1 fully saturated rings. The van der Waals surface area contributed by atoms with Crippen LogP contribution in [0, 0.1) is 0 Å². The first-order valence-electron chi connectivity index (χ1n) is 10.8. The van der Waals surface area contributed by atoms with Crippen LogP contribution in [-0.4, -0.2) is 35.7 Å². The number of hydrogen-bond donors (Lipinski definition) is 0. The fourth-order valence-corrected chi connectivity index (χ4v) is 4.01. The molecule has 0 amide bonds.